The SMILES string of the molecule is CC(=O)NCC#Cc1csc2ccccc12. The van der Waals surface area contributed by atoms with Gasteiger partial charge in [-0.15, -0.1) is 11.3 Å². The van der Waals surface area contributed by atoms with Gasteiger partial charge in [0, 0.05) is 28.0 Å². The van der Waals surface area contributed by atoms with Crippen LogP contribution in [0.1, 0.15) is 12.5 Å². The molecule has 1 N–H and O–H groups in total. The van der Waals surface area contributed by atoms with E-state index in [9.17, 15) is 4.79 Å². The third-order valence-electron chi connectivity index (χ3n) is 2.13. The van der Waals surface area contributed by atoms with Crippen molar-refractivity contribution in [2.24, 2.45) is 0 Å². The molecule has 0 aliphatic rings. The second-order valence-corrected chi connectivity index (χ2v) is 4.27. The van der Waals surface area contributed by atoms with E-state index in [4.69, 9.17) is 0 Å². The Bertz CT molecular complexity index is 574. The van der Waals surface area contributed by atoms with Crippen LogP contribution in [-0.2, 0) is 4.79 Å². The number of hydrogen-bond donors (Lipinski definition) is 1. The molecule has 2 nitrogen and oxygen atoms in total. The van der Waals surface area contributed by atoms with Crippen molar-refractivity contribution in [3.05, 3.63) is 35.2 Å². The normalized spacial score (nSPS) is 9.56. The maximum Gasteiger partial charge on any atom is 0.217 e. The summed E-state index contributed by atoms with van der Waals surface area (Å²) in [5.41, 5.74) is 1.03. The van der Waals surface area contributed by atoms with Crippen LogP contribution in [0.2, 0.25) is 0 Å². The van der Waals surface area contributed by atoms with Crippen LogP contribution in [0, 0.1) is 11.8 Å². The van der Waals surface area contributed by atoms with Crippen LogP contribution < -0.4 is 5.32 Å². The highest BCUT2D eigenvalue weighted by Crippen LogP contribution is 2.24. The molecule has 2 aromatic rings. The standard InChI is InChI=1S/C13H11NOS/c1-10(15)14-8-4-5-11-9-16-13-7-3-2-6-12(11)13/h2-3,6-7,9H,8H2,1H3,(H,14,15). The van der Waals surface area contributed by atoms with Crippen LogP contribution >= 0.6 is 11.3 Å². The molecule has 0 saturated heterocycles. The Labute approximate surface area is 98.3 Å². The molecular formula is C13H11NOS. The van der Waals surface area contributed by atoms with Crippen molar-refractivity contribution in [1.82, 2.24) is 5.32 Å². The Morgan fingerprint density at radius 1 is 1.44 bits per heavy atom. The number of hydrogen-bond acceptors (Lipinski definition) is 2. The monoisotopic (exact) mass is 229 g/mol. The average Bonchev–Trinajstić information content (AvgIpc) is 2.68. The molecule has 0 saturated carbocycles. The summed E-state index contributed by atoms with van der Waals surface area (Å²) in [6.07, 6.45) is 0. The molecule has 1 heterocycles. The van der Waals surface area contributed by atoms with Crippen molar-refractivity contribution in [3.8, 4) is 11.8 Å². The molecule has 0 atom stereocenters. The lowest BCUT2D eigenvalue weighted by molar-refractivity contribution is -0.118. The van der Waals surface area contributed by atoms with Gasteiger partial charge >= 0.3 is 0 Å². The molecule has 0 aliphatic carbocycles. The van der Waals surface area contributed by atoms with Gasteiger partial charge in [-0.1, -0.05) is 30.0 Å². The van der Waals surface area contributed by atoms with Crippen molar-refractivity contribution < 1.29 is 4.79 Å². The molecule has 80 valence electrons. The van der Waals surface area contributed by atoms with Crippen LogP contribution in [0.15, 0.2) is 29.6 Å². The first-order valence-corrected chi connectivity index (χ1v) is 5.85. The Morgan fingerprint density at radius 2 is 2.25 bits per heavy atom. The molecule has 1 aromatic carbocycles. The van der Waals surface area contributed by atoms with E-state index in [-0.39, 0.29) is 5.91 Å². The minimum Gasteiger partial charge on any atom is -0.345 e. The van der Waals surface area contributed by atoms with Crippen LogP contribution in [0.5, 0.6) is 0 Å². The topological polar surface area (TPSA) is 29.1 Å². The fraction of sp³-hybridized carbons (Fsp3) is 0.154. The summed E-state index contributed by atoms with van der Waals surface area (Å²) in [5, 5.41) is 5.88. The first kappa shape index (κ1) is 10.7. The van der Waals surface area contributed by atoms with E-state index in [1.54, 1.807) is 11.3 Å². The van der Waals surface area contributed by atoms with Gasteiger partial charge in [-0.2, -0.15) is 0 Å². The third kappa shape index (κ3) is 2.41. The van der Waals surface area contributed by atoms with Crippen molar-refractivity contribution in [3.63, 3.8) is 0 Å². The minimum absolute atomic E-state index is 0.0514. The van der Waals surface area contributed by atoms with Crippen LogP contribution in [0.4, 0.5) is 0 Å². The lowest BCUT2D eigenvalue weighted by Crippen LogP contribution is -2.19. The highest BCUT2D eigenvalue weighted by molar-refractivity contribution is 7.17. The van der Waals surface area contributed by atoms with Crippen LogP contribution in [0.25, 0.3) is 10.1 Å². The molecule has 1 amide bonds. The lowest BCUT2D eigenvalue weighted by atomic mass is 10.2. The van der Waals surface area contributed by atoms with Gasteiger partial charge in [-0.05, 0) is 6.07 Å². The zero-order valence-corrected chi connectivity index (χ0v) is 9.73. The zero-order valence-electron chi connectivity index (χ0n) is 8.91. The van der Waals surface area contributed by atoms with Gasteiger partial charge in [0.2, 0.25) is 5.91 Å². The van der Waals surface area contributed by atoms with Crippen molar-refractivity contribution in [1.29, 1.82) is 0 Å². The maximum absolute atomic E-state index is 10.6. The second-order valence-electron chi connectivity index (χ2n) is 3.36. The van der Waals surface area contributed by atoms with Gasteiger partial charge in [0.1, 0.15) is 0 Å². The number of thiophene rings is 1. The summed E-state index contributed by atoms with van der Waals surface area (Å²) in [7, 11) is 0. The Morgan fingerprint density at radius 3 is 3.06 bits per heavy atom. The molecule has 0 fully saturated rings. The summed E-state index contributed by atoms with van der Waals surface area (Å²) in [4.78, 5) is 10.6. The third-order valence-corrected chi connectivity index (χ3v) is 3.09. The number of rotatable bonds is 1. The maximum atomic E-state index is 10.6. The van der Waals surface area contributed by atoms with E-state index >= 15 is 0 Å². The van der Waals surface area contributed by atoms with Gasteiger partial charge in [-0.3, -0.25) is 4.79 Å². The van der Waals surface area contributed by atoms with Crippen molar-refractivity contribution in [2.75, 3.05) is 6.54 Å². The van der Waals surface area contributed by atoms with Crippen LogP contribution in [-0.4, -0.2) is 12.5 Å². The van der Waals surface area contributed by atoms with E-state index < -0.39 is 0 Å². The minimum atomic E-state index is -0.0514. The molecule has 0 radical (unpaired) electrons. The smallest absolute Gasteiger partial charge is 0.217 e. The van der Waals surface area contributed by atoms with Crippen molar-refractivity contribution >= 4 is 27.3 Å². The fourth-order valence-corrected chi connectivity index (χ4v) is 2.28. The molecular weight excluding hydrogens is 218 g/mol. The molecule has 3 heteroatoms. The average molecular weight is 229 g/mol. The number of amides is 1. The van der Waals surface area contributed by atoms with Gasteiger partial charge < -0.3 is 5.32 Å². The summed E-state index contributed by atoms with van der Waals surface area (Å²) in [6, 6.07) is 8.18. The molecule has 0 spiro atoms. The number of benzene rings is 1. The zero-order chi connectivity index (χ0) is 11.4. The first-order chi connectivity index (χ1) is 7.77. The number of carbonyl (C=O) groups is 1. The molecule has 2 rings (SSSR count). The Kier molecular flexibility index (Phi) is 3.23. The molecule has 0 unspecified atom stereocenters. The number of fused-ring (bicyclic) bond motifs is 1. The Balaban J connectivity index is 2.18. The van der Waals surface area contributed by atoms with Gasteiger partial charge in [0.25, 0.3) is 0 Å². The fourth-order valence-electron chi connectivity index (χ4n) is 1.38. The molecule has 0 aliphatic heterocycles. The molecule has 1 aromatic heterocycles. The van der Waals surface area contributed by atoms with E-state index in [0.29, 0.717) is 6.54 Å². The van der Waals surface area contributed by atoms with E-state index in [1.165, 1.54) is 17.0 Å². The number of carbonyl (C=O) groups excluding carboxylic acids is 1. The summed E-state index contributed by atoms with van der Waals surface area (Å²) in [6.45, 7) is 1.89. The van der Waals surface area contributed by atoms with E-state index in [0.717, 1.165) is 5.56 Å². The first-order valence-electron chi connectivity index (χ1n) is 4.97. The Hall–Kier alpha value is -1.79. The van der Waals surface area contributed by atoms with Crippen molar-refractivity contribution in [2.45, 2.75) is 6.92 Å². The largest absolute Gasteiger partial charge is 0.345 e. The van der Waals surface area contributed by atoms with E-state index in [2.05, 4.69) is 29.3 Å². The van der Waals surface area contributed by atoms with Gasteiger partial charge in [-0.25, -0.2) is 0 Å². The highest BCUT2D eigenvalue weighted by atomic mass is 32.1. The predicted octanol–water partition coefficient (Wildman–Crippen LogP) is 2.39. The van der Waals surface area contributed by atoms with Gasteiger partial charge in [0.05, 0.1) is 6.54 Å². The number of nitrogens with one attached hydrogen (secondary N) is 1. The summed E-state index contributed by atoms with van der Waals surface area (Å²) < 4.78 is 1.24. The van der Waals surface area contributed by atoms with Gasteiger partial charge in [0.15, 0.2) is 0 Å². The highest BCUT2D eigenvalue weighted by Gasteiger charge is 1.98. The quantitative estimate of drug-likeness (QED) is 0.747. The van der Waals surface area contributed by atoms with E-state index in [1.807, 2.05) is 17.5 Å². The molecule has 16 heavy (non-hydrogen) atoms. The second kappa shape index (κ2) is 4.82. The van der Waals surface area contributed by atoms with Crippen LogP contribution in [0.3, 0.4) is 0 Å². The lowest BCUT2D eigenvalue weighted by Gasteiger charge is -1.91. The molecule has 0 bridgehead atoms. The summed E-state index contributed by atoms with van der Waals surface area (Å²) in [5.74, 6) is 5.95. The predicted molar refractivity (Wildman–Crippen MR) is 67.4 cm³/mol. The summed E-state index contributed by atoms with van der Waals surface area (Å²) >= 11 is 1.69.